The minimum absolute atomic E-state index is 0.244. The molecule has 1 fully saturated rings. The van der Waals surface area contributed by atoms with Crippen LogP contribution in [-0.2, 0) is 16.1 Å². The maximum Gasteiger partial charge on any atom is 0.126 e. The third-order valence-corrected chi connectivity index (χ3v) is 4.19. The van der Waals surface area contributed by atoms with E-state index in [-0.39, 0.29) is 6.10 Å². The summed E-state index contributed by atoms with van der Waals surface area (Å²) in [6.45, 7) is 3.50. The van der Waals surface area contributed by atoms with Gasteiger partial charge in [0.05, 0.1) is 29.5 Å². The Morgan fingerprint density at radius 3 is 2.90 bits per heavy atom. The SMILES string of the molecule is CCCNc1ccc(Cl)c(COC2CCCC(OC)C2)n1. The van der Waals surface area contributed by atoms with Crippen LogP contribution in [0, 0.1) is 0 Å². The van der Waals surface area contributed by atoms with Crippen molar-refractivity contribution in [3.05, 3.63) is 22.8 Å². The van der Waals surface area contributed by atoms with E-state index in [9.17, 15) is 0 Å². The molecule has 118 valence electrons. The number of methoxy groups -OCH3 is 1. The summed E-state index contributed by atoms with van der Waals surface area (Å²) in [7, 11) is 1.77. The van der Waals surface area contributed by atoms with Gasteiger partial charge in [-0.05, 0) is 44.2 Å². The van der Waals surface area contributed by atoms with Crippen LogP contribution >= 0.6 is 11.6 Å². The minimum Gasteiger partial charge on any atom is -0.381 e. The molecule has 1 aliphatic carbocycles. The Hall–Kier alpha value is -0.840. The van der Waals surface area contributed by atoms with Crippen molar-refractivity contribution in [3.63, 3.8) is 0 Å². The fourth-order valence-electron chi connectivity index (χ4n) is 2.60. The third kappa shape index (κ3) is 5.13. The van der Waals surface area contributed by atoms with E-state index in [0.717, 1.165) is 50.2 Å². The van der Waals surface area contributed by atoms with Gasteiger partial charge in [-0.25, -0.2) is 4.98 Å². The average molecular weight is 313 g/mol. The summed E-state index contributed by atoms with van der Waals surface area (Å²) in [4.78, 5) is 4.53. The van der Waals surface area contributed by atoms with E-state index in [1.54, 1.807) is 7.11 Å². The van der Waals surface area contributed by atoms with Crippen molar-refractivity contribution in [2.45, 2.75) is 57.8 Å². The van der Waals surface area contributed by atoms with E-state index in [4.69, 9.17) is 21.1 Å². The van der Waals surface area contributed by atoms with Crippen molar-refractivity contribution in [3.8, 4) is 0 Å². The molecule has 5 heteroatoms. The Bertz CT molecular complexity index is 442. The zero-order chi connectivity index (χ0) is 15.1. The number of rotatable bonds is 7. The molecule has 2 unspecified atom stereocenters. The van der Waals surface area contributed by atoms with Crippen LogP contribution in [0.4, 0.5) is 5.82 Å². The lowest BCUT2D eigenvalue weighted by molar-refractivity contribution is -0.0371. The number of pyridine rings is 1. The molecule has 0 spiro atoms. The molecule has 1 aromatic heterocycles. The van der Waals surface area contributed by atoms with Crippen LogP contribution in [0.15, 0.2) is 12.1 Å². The Morgan fingerprint density at radius 2 is 2.14 bits per heavy atom. The Morgan fingerprint density at radius 1 is 1.33 bits per heavy atom. The number of nitrogens with one attached hydrogen (secondary N) is 1. The first-order valence-electron chi connectivity index (χ1n) is 7.76. The van der Waals surface area contributed by atoms with Crippen molar-refractivity contribution >= 4 is 17.4 Å². The summed E-state index contributed by atoms with van der Waals surface area (Å²) in [5.41, 5.74) is 0.803. The quantitative estimate of drug-likeness (QED) is 0.825. The molecule has 0 saturated heterocycles. The number of anilines is 1. The molecule has 1 heterocycles. The van der Waals surface area contributed by atoms with Crippen molar-refractivity contribution in [2.75, 3.05) is 19.0 Å². The van der Waals surface area contributed by atoms with Crippen LogP contribution < -0.4 is 5.32 Å². The summed E-state index contributed by atoms with van der Waals surface area (Å²) in [5, 5.41) is 3.93. The van der Waals surface area contributed by atoms with Crippen molar-refractivity contribution in [1.82, 2.24) is 4.98 Å². The van der Waals surface area contributed by atoms with Gasteiger partial charge in [0.1, 0.15) is 5.82 Å². The molecule has 1 aliphatic rings. The van der Waals surface area contributed by atoms with Gasteiger partial charge in [-0.1, -0.05) is 18.5 Å². The van der Waals surface area contributed by atoms with Gasteiger partial charge in [0.2, 0.25) is 0 Å². The second-order valence-electron chi connectivity index (χ2n) is 5.51. The normalized spacial score (nSPS) is 22.2. The van der Waals surface area contributed by atoms with E-state index >= 15 is 0 Å². The van der Waals surface area contributed by atoms with Gasteiger partial charge in [0.25, 0.3) is 0 Å². The molecule has 2 atom stereocenters. The van der Waals surface area contributed by atoms with Gasteiger partial charge >= 0.3 is 0 Å². The molecule has 4 nitrogen and oxygen atoms in total. The molecule has 1 N–H and O–H groups in total. The number of hydrogen-bond donors (Lipinski definition) is 1. The first kappa shape index (κ1) is 16.5. The standard InChI is InChI=1S/C16H25ClN2O2/c1-3-9-18-16-8-7-14(17)15(19-16)11-21-13-6-4-5-12(10-13)20-2/h7-8,12-13H,3-6,9-11H2,1-2H3,(H,18,19). The van der Waals surface area contributed by atoms with Gasteiger partial charge in [-0.3, -0.25) is 0 Å². The maximum absolute atomic E-state index is 6.21. The highest BCUT2D eigenvalue weighted by molar-refractivity contribution is 6.31. The van der Waals surface area contributed by atoms with Crippen LogP contribution in [0.3, 0.4) is 0 Å². The van der Waals surface area contributed by atoms with E-state index in [1.165, 1.54) is 0 Å². The zero-order valence-electron chi connectivity index (χ0n) is 12.9. The van der Waals surface area contributed by atoms with Crippen LogP contribution in [0.5, 0.6) is 0 Å². The first-order chi connectivity index (χ1) is 10.2. The Balaban J connectivity index is 1.89. The second-order valence-corrected chi connectivity index (χ2v) is 5.92. The second kappa shape index (κ2) is 8.57. The molecule has 1 aromatic rings. The minimum atomic E-state index is 0.244. The van der Waals surface area contributed by atoms with E-state index in [2.05, 4.69) is 17.2 Å². The molecule has 0 bridgehead atoms. The molecule has 0 amide bonds. The van der Waals surface area contributed by atoms with Crippen LogP contribution in [0.25, 0.3) is 0 Å². The predicted octanol–water partition coefficient (Wildman–Crippen LogP) is 4.03. The average Bonchev–Trinajstić information content (AvgIpc) is 2.53. The smallest absolute Gasteiger partial charge is 0.126 e. The molecule has 0 aromatic carbocycles. The van der Waals surface area contributed by atoms with Gasteiger partial charge in [0, 0.05) is 13.7 Å². The first-order valence-corrected chi connectivity index (χ1v) is 8.14. The Kier molecular flexibility index (Phi) is 6.74. The largest absolute Gasteiger partial charge is 0.381 e. The fourth-order valence-corrected chi connectivity index (χ4v) is 2.76. The Labute approximate surface area is 132 Å². The summed E-state index contributed by atoms with van der Waals surface area (Å²) >= 11 is 6.21. The van der Waals surface area contributed by atoms with Crippen molar-refractivity contribution in [1.29, 1.82) is 0 Å². The summed E-state index contributed by atoms with van der Waals surface area (Å²) in [6.07, 6.45) is 5.97. The number of aromatic nitrogens is 1. The van der Waals surface area contributed by atoms with Gasteiger partial charge < -0.3 is 14.8 Å². The van der Waals surface area contributed by atoms with Crippen molar-refractivity contribution < 1.29 is 9.47 Å². The lowest BCUT2D eigenvalue weighted by Gasteiger charge is -2.28. The molecule has 0 radical (unpaired) electrons. The summed E-state index contributed by atoms with van der Waals surface area (Å²) in [5.74, 6) is 0.860. The topological polar surface area (TPSA) is 43.4 Å². The zero-order valence-corrected chi connectivity index (χ0v) is 13.7. The highest BCUT2D eigenvalue weighted by Gasteiger charge is 2.22. The van der Waals surface area contributed by atoms with Gasteiger partial charge in [-0.2, -0.15) is 0 Å². The third-order valence-electron chi connectivity index (χ3n) is 3.84. The monoisotopic (exact) mass is 312 g/mol. The fraction of sp³-hybridized carbons (Fsp3) is 0.688. The van der Waals surface area contributed by atoms with E-state index in [0.29, 0.717) is 17.7 Å². The molecular weight excluding hydrogens is 288 g/mol. The van der Waals surface area contributed by atoms with E-state index in [1.807, 2.05) is 12.1 Å². The highest BCUT2D eigenvalue weighted by atomic mass is 35.5. The maximum atomic E-state index is 6.21. The lowest BCUT2D eigenvalue weighted by atomic mass is 9.95. The van der Waals surface area contributed by atoms with Crippen LogP contribution in [0.1, 0.15) is 44.7 Å². The molecular formula is C16H25ClN2O2. The van der Waals surface area contributed by atoms with E-state index < -0.39 is 0 Å². The number of halogens is 1. The summed E-state index contributed by atoms with van der Waals surface area (Å²) < 4.78 is 11.4. The number of nitrogens with zero attached hydrogens (tertiary/aromatic N) is 1. The lowest BCUT2D eigenvalue weighted by Crippen LogP contribution is -2.27. The highest BCUT2D eigenvalue weighted by Crippen LogP contribution is 2.25. The predicted molar refractivity (Wildman–Crippen MR) is 85.9 cm³/mol. The number of hydrogen-bond acceptors (Lipinski definition) is 4. The summed E-state index contributed by atoms with van der Waals surface area (Å²) in [6, 6.07) is 3.78. The molecule has 2 rings (SSSR count). The molecule has 0 aliphatic heterocycles. The molecule has 1 saturated carbocycles. The number of ether oxygens (including phenoxy) is 2. The van der Waals surface area contributed by atoms with Crippen molar-refractivity contribution in [2.24, 2.45) is 0 Å². The van der Waals surface area contributed by atoms with Crippen LogP contribution in [0.2, 0.25) is 5.02 Å². The van der Waals surface area contributed by atoms with Crippen LogP contribution in [-0.4, -0.2) is 30.8 Å². The molecule has 21 heavy (non-hydrogen) atoms. The van der Waals surface area contributed by atoms with Gasteiger partial charge in [0.15, 0.2) is 0 Å². The van der Waals surface area contributed by atoms with Gasteiger partial charge in [-0.15, -0.1) is 0 Å².